The number of H-pyrrole nitrogens is 1. The molecule has 2 aromatic heterocycles. The molecule has 11 heteroatoms. The number of aryl methyl sites for hydroxylation is 1. The number of aromatic nitrogens is 4. The van der Waals surface area contributed by atoms with E-state index in [4.69, 9.17) is 9.97 Å². The lowest BCUT2D eigenvalue weighted by atomic mass is 10.3. The van der Waals surface area contributed by atoms with E-state index in [0.29, 0.717) is 29.8 Å². The van der Waals surface area contributed by atoms with Crippen molar-refractivity contribution in [3.05, 3.63) is 42.1 Å². The zero-order valence-corrected chi connectivity index (χ0v) is 20.2. The third kappa shape index (κ3) is 6.46. The number of rotatable bonds is 9. The van der Waals surface area contributed by atoms with E-state index >= 15 is 0 Å². The second-order valence-corrected chi connectivity index (χ2v) is 9.08. The fourth-order valence-corrected chi connectivity index (χ4v) is 4.37. The molecule has 1 aliphatic heterocycles. The minimum atomic E-state index is -0.0140. The van der Waals surface area contributed by atoms with Crippen LogP contribution in [0.2, 0.25) is 0 Å². The van der Waals surface area contributed by atoms with Crippen molar-refractivity contribution in [1.29, 1.82) is 0 Å². The Kier molecular flexibility index (Phi) is 7.99. The summed E-state index contributed by atoms with van der Waals surface area (Å²) in [5.41, 5.74) is 1.73. The SMILES string of the molecule is CCC(=O)Nc1ccc(Sc2nc(Nc3cc(C)[nH]n3)cc(N3CCN(CCO)CC3)n2)cc1. The number of hydrogen-bond donors (Lipinski definition) is 4. The first-order chi connectivity index (χ1) is 16.5. The molecule has 0 unspecified atom stereocenters. The molecular formula is C23H30N8O2S. The quantitative estimate of drug-likeness (QED) is 0.341. The average molecular weight is 483 g/mol. The number of hydrogen-bond acceptors (Lipinski definition) is 9. The van der Waals surface area contributed by atoms with Crippen molar-refractivity contribution in [2.45, 2.75) is 30.3 Å². The van der Waals surface area contributed by atoms with Gasteiger partial charge in [0.05, 0.1) is 6.61 Å². The minimum absolute atomic E-state index is 0.0140. The number of aromatic amines is 1. The van der Waals surface area contributed by atoms with Gasteiger partial charge < -0.3 is 20.6 Å². The van der Waals surface area contributed by atoms with Gasteiger partial charge in [-0.25, -0.2) is 9.97 Å². The molecule has 0 atom stereocenters. The first-order valence-corrected chi connectivity index (χ1v) is 12.2. The van der Waals surface area contributed by atoms with E-state index in [-0.39, 0.29) is 12.5 Å². The lowest BCUT2D eigenvalue weighted by molar-refractivity contribution is -0.115. The molecule has 34 heavy (non-hydrogen) atoms. The van der Waals surface area contributed by atoms with Crippen LogP contribution in [0.3, 0.4) is 0 Å². The molecule has 3 heterocycles. The zero-order chi connectivity index (χ0) is 23.9. The number of benzene rings is 1. The molecule has 180 valence electrons. The smallest absolute Gasteiger partial charge is 0.224 e. The van der Waals surface area contributed by atoms with Gasteiger partial charge in [-0.2, -0.15) is 5.10 Å². The molecule has 0 spiro atoms. The number of β-amino-alcohol motifs (C(OH)–C–C–N with tert-alkyl or cyclic N) is 1. The van der Waals surface area contributed by atoms with Gasteiger partial charge in [0.1, 0.15) is 11.6 Å². The van der Waals surface area contributed by atoms with Crippen molar-refractivity contribution in [1.82, 2.24) is 25.1 Å². The number of piperazine rings is 1. The van der Waals surface area contributed by atoms with Crippen LogP contribution in [-0.4, -0.2) is 75.4 Å². The summed E-state index contributed by atoms with van der Waals surface area (Å²) in [5.74, 6) is 2.20. The number of aliphatic hydroxyl groups is 1. The van der Waals surface area contributed by atoms with E-state index in [1.807, 2.05) is 50.2 Å². The van der Waals surface area contributed by atoms with Crippen LogP contribution >= 0.6 is 11.8 Å². The highest BCUT2D eigenvalue weighted by Crippen LogP contribution is 2.30. The van der Waals surface area contributed by atoms with Crippen LogP contribution in [0.25, 0.3) is 0 Å². The highest BCUT2D eigenvalue weighted by atomic mass is 32.2. The Morgan fingerprint density at radius 3 is 2.53 bits per heavy atom. The van der Waals surface area contributed by atoms with E-state index in [0.717, 1.165) is 48.3 Å². The summed E-state index contributed by atoms with van der Waals surface area (Å²) in [7, 11) is 0. The standard InChI is InChI=1S/C23H30N8O2S/c1-3-22(33)24-17-4-6-18(7-5-17)34-23-26-19(25-20-14-16(2)28-29-20)15-21(27-23)31-10-8-30(9-11-31)12-13-32/h4-7,14-15,32H,3,8-13H2,1-2H3,(H,24,33)(H2,25,26,27,28,29). The summed E-state index contributed by atoms with van der Waals surface area (Å²) < 4.78 is 0. The van der Waals surface area contributed by atoms with Gasteiger partial charge in [0, 0.05) is 67.6 Å². The van der Waals surface area contributed by atoms with Gasteiger partial charge >= 0.3 is 0 Å². The van der Waals surface area contributed by atoms with Gasteiger partial charge in [-0.15, -0.1) is 0 Å². The van der Waals surface area contributed by atoms with E-state index in [2.05, 4.69) is 30.6 Å². The molecule has 1 fully saturated rings. The predicted octanol–water partition coefficient (Wildman–Crippen LogP) is 2.87. The molecule has 1 aromatic carbocycles. The van der Waals surface area contributed by atoms with Crippen LogP contribution in [-0.2, 0) is 4.79 Å². The van der Waals surface area contributed by atoms with Crippen molar-refractivity contribution in [2.75, 3.05) is 54.9 Å². The number of nitrogens with zero attached hydrogens (tertiary/aromatic N) is 5. The largest absolute Gasteiger partial charge is 0.395 e. The van der Waals surface area contributed by atoms with Gasteiger partial charge in [0.2, 0.25) is 5.91 Å². The van der Waals surface area contributed by atoms with E-state index < -0.39 is 0 Å². The monoisotopic (exact) mass is 482 g/mol. The molecule has 0 bridgehead atoms. The van der Waals surface area contributed by atoms with E-state index in [9.17, 15) is 9.90 Å². The maximum atomic E-state index is 11.6. The van der Waals surface area contributed by atoms with Crippen molar-refractivity contribution in [3.63, 3.8) is 0 Å². The molecule has 1 saturated heterocycles. The normalized spacial score (nSPS) is 14.3. The van der Waals surface area contributed by atoms with Crippen LogP contribution in [0.5, 0.6) is 0 Å². The van der Waals surface area contributed by atoms with Crippen molar-refractivity contribution in [2.24, 2.45) is 0 Å². The molecule has 0 aliphatic carbocycles. The zero-order valence-electron chi connectivity index (χ0n) is 19.4. The highest BCUT2D eigenvalue weighted by Gasteiger charge is 2.19. The summed E-state index contributed by atoms with van der Waals surface area (Å²) >= 11 is 1.46. The molecule has 0 saturated carbocycles. The summed E-state index contributed by atoms with van der Waals surface area (Å²) in [5, 5.41) is 23.2. The number of nitrogens with one attached hydrogen (secondary N) is 3. The third-order valence-corrected chi connectivity index (χ3v) is 6.31. The first kappa shape index (κ1) is 24.0. The molecule has 4 N–H and O–H groups in total. The Hall–Kier alpha value is -3.15. The van der Waals surface area contributed by atoms with Gasteiger partial charge in [-0.05, 0) is 43.0 Å². The maximum Gasteiger partial charge on any atom is 0.224 e. The van der Waals surface area contributed by atoms with Crippen LogP contribution in [0, 0.1) is 6.92 Å². The predicted molar refractivity (Wildman–Crippen MR) is 134 cm³/mol. The molecule has 0 radical (unpaired) electrons. The number of aliphatic hydroxyl groups excluding tert-OH is 1. The minimum Gasteiger partial charge on any atom is -0.395 e. The molecule has 10 nitrogen and oxygen atoms in total. The molecule has 1 aliphatic rings. The van der Waals surface area contributed by atoms with E-state index in [1.54, 1.807) is 0 Å². The first-order valence-electron chi connectivity index (χ1n) is 11.4. The second kappa shape index (κ2) is 11.3. The lowest BCUT2D eigenvalue weighted by Gasteiger charge is -2.35. The van der Waals surface area contributed by atoms with Crippen LogP contribution in [0.15, 0.2) is 46.5 Å². The van der Waals surface area contributed by atoms with Crippen LogP contribution < -0.4 is 15.5 Å². The Morgan fingerprint density at radius 2 is 1.88 bits per heavy atom. The van der Waals surface area contributed by atoms with Crippen LogP contribution in [0.4, 0.5) is 23.1 Å². The summed E-state index contributed by atoms with van der Waals surface area (Å²) in [4.78, 5) is 26.6. The average Bonchev–Trinajstić information content (AvgIpc) is 3.25. The van der Waals surface area contributed by atoms with Gasteiger partial charge in [-0.3, -0.25) is 14.8 Å². The van der Waals surface area contributed by atoms with Gasteiger partial charge in [0.15, 0.2) is 11.0 Å². The second-order valence-electron chi connectivity index (χ2n) is 8.04. The summed E-state index contributed by atoms with van der Waals surface area (Å²) in [6.45, 7) is 8.04. The molecular weight excluding hydrogens is 452 g/mol. The fourth-order valence-electron chi connectivity index (χ4n) is 3.60. The Labute approximate surface area is 203 Å². The number of anilines is 4. The Bertz CT molecular complexity index is 1100. The van der Waals surface area contributed by atoms with Crippen LogP contribution in [0.1, 0.15) is 19.0 Å². The third-order valence-electron chi connectivity index (χ3n) is 5.44. The van der Waals surface area contributed by atoms with Crippen molar-refractivity contribution < 1.29 is 9.90 Å². The topological polar surface area (TPSA) is 122 Å². The van der Waals surface area contributed by atoms with Gasteiger partial charge in [-0.1, -0.05) is 6.92 Å². The maximum absolute atomic E-state index is 11.6. The Morgan fingerprint density at radius 1 is 1.12 bits per heavy atom. The Balaban J connectivity index is 1.53. The summed E-state index contributed by atoms with van der Waals surface area (Å²) in [6, 6.07) is 11.5. The highest BCUT2D eigenvalue weighted by molar-refractivity contribution is 7.99. The van der Waals surface area contributed by atoms with Gasteiger partial charge in [0.25, 0.3) is 0 Å². The van der Waals surface area contributed by atoms with E-state index in [1.165, 1.54) is 11.8 Å². The number of carbonyl (C=O) groups is 1. The number of carbonyl (C=O) groups excluding carboxylic acids is 1. The fraction of sp³-hybridized carbons (Fsp3) is 0.391. The summed E-state index contributed by atoms with van der Waals surface area (Å²) in [6.07, 6.45) is 0.441. The van der Waals surface area contributed by atoms with Crippen molar-refractivity contribution in [3.8, 4) is 0 Å². The molecule has 1 amide bonds. The lowest BCUT2D eigenvalue weighted by Crippen LogP contribution is -2.47. The molecule has 3 aromatic rings. The number of amides is 1. The van der Waals surface area contributed by atoms with Crippen molar-refractivity contribution >= 4 is 40.8 Å². The molecule has 4 rings (SSSR count).